The highest BCUT2D eigenvalue weighted by Crippen LogP contribution is 2.24. The number of rotatable bonds is 6. The summed E-state index contributed by atoms with van der Waals surface area (Å²) in [5, 5.41) is 11.0. The van der Waals surface area contributed by atoms with E-state index in [4.69, 9.17) is 14.6 Å². The van der Waals surface area contributed by atoms with Gasteiger partial charge in [0, 0.05) is 11.6 Å². The standard InChI is InChI=1S/C14H17NO5/c1-9(14(17)18)15-13(16)7-4-10-8-11(19-2)5-6-12(10)20-3/h4-9H,1-3H3,(H,15,16)(H,17,18)/b7-4+. The van der Waals surface area contributed by atoms with Crippen LogP contribution in [0.15, 0.2) is 24.3 Å². The fourth-order valence-electron chi connectivity index (χ4n) is 1.46. The molecule has 1 rings (SSSR count). The third kappa shape index (κ3) is 4.31. The summed E-state index contributed by atoms with van der Waals surface area (Å²) in [7, 11) is 3.06. The normalized spacial score (nSPS) is 11.9. The van der Waals surface area contributed by atoms with Gasteiger partial charge in [0.15, 0.2) is 0 Å². The largest absolute Gasteiger partial charge is 0.497 e. The van der Waals surface area contributed by atoms with Crippen molar-refractivity contribution in [2.75, 3.05) is 14.2 Å². The Morgan fingerprint density at radius 1 is 1.30 bits per heavy atom. The van der Waals surface area contributed by atoms with Crippen LogP contribution in [0, 0.1) is 0 Å². The molecule has 2 N–H and O–H groups in total. The van der Waals surface area contributed by atoms with Crippen LogP contribution in [0.5, 0.6) is 11.5 Å². The number of carboxylic acid groups (broad SMARTS) is 1. The number of ether oxygens (including phenoxy) is 2. The lowest BCUT2D eigenvalue weighted by Crippen LogP contribution is -2.37. The van der Waals surface area contributed by atoms with Crippen LogP contribution in [0.4, 0.5) is 0 Å². The van der Waals surface area contributed by atoms with Crippen molar-refractivity contribution in [2.45, 2.75) is 13.0 Å². The zero-order valence-corrected chi connectivity index (χ0v) is 11.5. The lowest BCUT2D eigenvalue weighted by atomic mass is 10.1. The predicted molar refractivity (Wildman–Crippen MR) is 73.8 cm³/mol. The van der Waals surface area contributed by atoms with Crippen LogP contribution >= 0.6 is 0 Å². The summed E-state index contributed by atoms with van der Waals surface area (Å²) in [5.41, 5.74) is 0.657. The highest BCUT2D eigenvalue weighted by Gasteiger charge is 2.12. The Morgan fingerprint density at radius 3 is 2.55 bits per heavy atom. The van der Waals surface area contributed by atoms with Crippen LogP contribution in [-0.4, -0.2) is 37.2 Å². The van der Waals surface area contributed by atoms with Crippen molar-refractivity contribution in [3.63, 3.8) is 0 Å². The number of hydrogen-bond acceptors (Lipinski definition) is 4. The highest BCUT2D eigenvalue weighted by atomic mass is 16.5. The number of nitrogens with one attached hydrogen (secondary N) is 1. The van der Waals surface area contributed by atoms with Gasteiger partial charge in [-0.05, 0) is 31.2 Å². The molecular formula is C14H17NO5. The van der Waals surface area contributed by atoms with E-state index in [1.807, 2.05) is 0 Å². The lowest BCUT2D eigenvalue weighted by molar-refractivity contribution is -0.140. The predicted octanol–water partition coefficient (Wildman–Crippen LogP) is 1.31. The Hall–Kier alpha value is -2.50. The van der Waals surface area contributed by atoms with E-state index in [2.05, 4.69) is 5.32 Å². The number of carbonyl (C=O) groups excluding carboxylic acids is 1. The van der Waals surface area contributed by atoms with Crippen molar-refractivity contribution >= 4 is 18.0 Å². The lowest BCUT2D eigenvalue weighted by Gasteiger charge is -2.08. The summed E-state index contributed by atoms with van der Waals surface area (Å²) in [5.74, 6) is -0.374. The first-order valence-corrected chi connectivity index (χ1v) is 5.91. The second-order valence-corrected chi connectivity index (χ2v) is 4.01. The molecule has 1 unspecified atom stereocenters. The monoisotopic (exact) mass is 279 g/mol. The summed E-state index contributed by atoms with van der Waals surface area (Å²) < 4.78 is 10.3. The molecule has 20 heavy (non-hydrogen) atoms. The van der Waals surface area contributed by atoms with Crippen LogP contribution in [0.2, 0.25) is 0 Å². The van der Waals surface area contributed by atoms with Crippen LogP contribution in [0.3, 0.4) is 0 Å². The molecule has 1 aromatic rings. The first-order valence-electron chi connectivity index (χ1n) is 5.91. The van der Waals surface area contributed by atoms with Crippen LogP contribution in [-0.2, 0) is 9.59 Å². The number of carbonyl (C=O) groups is 2. The maximum absolute atomic E-state index is 11.6. The van der Waals surface area contributed by atoms with E-state index in [9.17, 15) is 9.59 Å². The van der Waals surface area contributed by atoms with Gasteiger partial charge in [-0.1, -0.05) is 0 Å². The van der Waals surface area contributed by atoms with Gasteiger partial charge in [0.2, 0.25) is 5.91 Å². The minimum Gasteiger partial charge on any atom is -0.497 e. The van der Waals surface area contributed by atoms with Gasteiger partial charge in [-0.25, -0.2) is 0 Å². The third-order valence-corrected chi connectivity index (χ3v) is 2.58. The van der Waals surface area contributed by atoms with Gasteiger partial charge in [-0.3, -0.25) is 9.59 Å². The van der Waals surface area contributed by atoms with Crippen molar-refractivity contribution in [3.05, 3.63) is 29.8 Å². The average Bonchev–Trinajstić information content (AvgIpc) is 2.44. The first-order chi connectivity index (χ1) is 9.47. The maximum atomic E-state index is 11.6. The zero-order valence-electron chi connectivity index (χ0n) is 11.5. The molecule has 0 heterocycles. The molecular weight excluding hydrogens is 262 g/mol. The molecule has 0 saturated heterocycles. The molecule has 6 nitrogen and oxygen atoms in total. The van der Waals surface area contributed by atoms with Gasteiger partial charge < -0.3 is 19.9 Å². The Kier molecular flexibility index (Phi) is 5.58. The molecule has 0 spiro atoms. The molecule has 0 aliphatic rings. The Balaban J connectivity index is 2.83. The molecule has 108 valence electrons. The Morgan fingerprint density at radius 2 is 2.00 bits per heavy atom. The van der Waals surface area contributed by atoms with Crippen LogP contribution < -0.4 is 14.8 Å². The van der Waals surface area contributed by atoms with E-state index in [1.165, 1.54) is 33.3 Å². The van der Waals surface area contributed by atoms with Gasteiger partial charge >= 0.3 is 5.97 Å². The highest BCUT2D eigenvalue weighted by molar-refractivity contribution is 5.94. The fraction of sp³-hybridized carbons (Fsp3) is 0.286. The summed E-state index contributed by atoms with van der Waals surface area (Å²) in [6.45, 7) is 1.39. The molecule has 1 aromatic carbocycles. The molecule has 1 amide bonds. The minimum atomic E-state index is -1.09. The maximum Gasteiger partial charge on any atom is 0.325 e. The Labute approximate surface area is 117 Å². The molecule has 0 aliphatic carbocycles. The molecule has 0 bridgehead atoms. The van der Waals surface area contributed by atoms with E-state index in [0.29, 0.717) is 17.1 Å². The number of aliphatic carboxylic acids is 1. The number of benzene rings is 1. The van der Waals surface area contributed by atoms with E-state index in [0.717, 1.165) is 0 Å². The van der Waals surface area contributed by atoms with Gasteiger partial charge in [0.1, 0.15) is 17.5 Å². The number of amides is 1. The number of hydrogen-bond donors (Lipinski definition) is 2. The number of methoxy groups -OCH3 is 2. The smallest absolute Gasteiger partial charge is 0.325 e. The quantitative estimate of drug-likeness (QED) is 0.767. The van der Waals surface area contributed by atoms with Crippen molar-refractivity contribution < 1.29 is 24.2 Å². The van der Waals surface area contributed by atoms with Crippen molar-refractivity contribution in [2.24, 2.45) is 0 Å². The molecule has 1 atom stereocenters. The second-order valence-electron chi connectivity index (χ2n) is 4.01. The molecule has 0 aliphatic heterocycles. The SMILES string of the molecule is COc1ccc(OC)c(/C=C/C(=O)NC(C)C(=O)O)c1. The van der Waals surface area contributed by atoms with E-state index >= 15 is 0 Å². The Bertz CT molecular complexity index is 524. The molecule has 0 fully saturated rings. The average molecular weight is 279 g/mol. The second kappa shape index (κ2) is 7.18. The summed E-state index contributed by atoms with van der Waals surface area (Å²) in [6, 6.07) is 4.22. The van der Waals surface area contributed by atoms with Gasteiger partial charge in [0.25, 0.3) is 0 Å². The van der Waals surface area contributed by atoms with E-state index in [1.54, 1.807) is 18.2 Å². The molecule has 0 aromatic heterocycles. The third-order valence-electron chi connectivity index (χ3n) is 2.58. The van der Waals surface area contributed by atoms with Crippen molar-refractivity contribution in [1.82, 2.24) is 5.32 Å². The fourth-order valence-corrected chi connectivity index (χ4v) is 1.46. The van der Waals surface area contributed by atoms with E-state index < -0.39 is 17.9 Å². The summed E-state index contributed by atoms with van der Waals surface area (Å²) in [6.07, 6.45) is 2.78. The minimum absolute atomic E-state index is 0.496. The van der Waals surface area contributed by atoms with Crippen LogP contribution in [0.1, 0.15) is 12.5 Å². The van der Waals surface area contributed by atoms with Gasteiger partial charge in [-0.15, -0.1) is 0 Å². The molecule has 6 heteroatoms. The summed E-state index contributed by atoms with van der Waals surface area (Å²) in [4.78, 5) is 22.2. The zero-order chi connectivity index (χ0) is 15.1. The van der Waals surface area contributed by atoms with E-state index in [-0.39, 0.29) is 0 Å². The van der Waals surface area contributed by atoms with Crippen molar-refractivity contribution in [3.8, 4) is 11.5 Å². The summed E-state index contributed by atoms with van der Waals surface area (Å²) >= 11 is 0. The molecule has 0 saturated carbocycles. The topological polar surface area (TPSA) is 84.9 Å². The van der Waals surface area contributed by atoms with Gasteiger partial charge in [0.05, 0.1) is 14.2 Å². The van der Waals surface area contributed by atoms with Crippen LogP contribution in [0.25, 0.3) is 6.08 Å². The van der Waals surface area contributed by atoms with Gasteiger partial charge in [-0.2, -0.15) is 0 Å². The first kappa shape index (κ1) is 15.6. The van der Waals surface area contributed by atoms with Crippen molar-refractivity contribution in [1.29, 1.82) is 0 Å². The molecule has 0 radical (unpaired) electrons. The number of carboxylic acids is 1.